The van der Waals surface area contributed by atoms with Crippen LogP contribution in [0.2, 0.25) is 23.3 Å². The summed E-state index contributed by atoms with van der Waals surface area (Å²) in [7, 11) is -1.79. The standard InChI is InChI=1S/C20H27ClN4O2SSi/c1-13(7-8-27-29(5,6)20(2,3)4)25-16-9-17(21)22-11-15(16)18(24-25)19-23-10-14(12-26)28-19/h9-13H,7-8H2,1-6H3/t13-/m0/s1. The van der Waals surface area contributed by atoms with E-state index in [0.717, 1.165) is 29.3 Å². The van der Waals surface area contributed by atoms with E-state index in [2.05, 4.69) is 50.8 Å². The lowest BCUT2D eigenvalue weighted by atomic mass is 10.2. The van der Waals surface area contributed by atoms with E-state index in [1.54, 1.807) is 12.4 Å². The van der Waals surface area contributed by atoms with Gasteiger partial charge in [0, 0.05) is 30.5 Å². The topological polar surface area (TPSA) is 69.9 Å². The van der Waals surface area contributed by atoms with Crippen molar-refractivity contribution in [2.45, 2.75) is 58.3 Å². The number of fused-ring (bicyclic) bond motifs is 1. The molecule has 156 valence electrons. The van der Waals surface area contributed by atoms with Crippen LogP contribution in [0.1, 0.15) is 49.8 Å². The van der Waals surface area contributed by atoms with Crippen molar-refractivity contribution in [2.24, 2.45) is 0 Å². The normalized spacial score (nSPS) is 13.8. The third-order valence-corrected chi connectivity index (χ3v) is 11.3. The monoisotopic (exact) mass is 450 g/mol. The molecule has 9 heteroatoms. The minimum Gasteiger partial charge on any atom is -0.417 e. The molecule has 29 heavy (non-hydrogen) atoms. The number of thiazole rings is 1. The van der Waals surface area contributed by atoms with Gasteiger partial charge in [-0.15, -0.1) is 11.3 Å². The summed E-state index contributed by atoms with van der Waals surface area (Å²) >= 11 is 7.48. The van der Waals surface area contributed by atoms with Gasteiger partial charge in [-0.1, -0.05) is 32.4 Å². The Labute approximate surface area is 181 Å². The van der Waals surface area contributed by atoms with Crippen molar-refractivity contribution in [3.05, 3.63) is 28.5 Å². The number of aldehydes is 1. The van der Waals surface area contributed by atoms with E-state index in [1.165, 1.54) is 11.3 Å². The Morgan fingerprint density at radius 3 is 2.66 bits per heavy atom. The molecular formula is C20H27ClN4O2SSi. The molecule has 0 aliphatic carbocycles. The van der Waals surface area contributed by atoms with E-state index in [4.69, 9.17) is 21.1 Å². The Bertz CT molecular complexity index is 1030. The van der Waals surface area contributed by atoms with Crippen LogP contribution < -0.4 is 0 Å². The number of rotatable bonds is 7. The van der Waals surface area contributed by atoms with Crippen LogP contribution in [0.25, 0.3) is 21.6 Å². The largest absolute Gasteiger partial charge is 0.417 e. The van der Waals surface area contributed by atoms with Crippen LogP contribution in [0.15, 0.2) is 18.5 Å². The number of aromatic nitrogens is 4. The first-order chi connectivity index (χ1) is 13.5. The molecule has 0 N–H and O–H groups in total. The molecule has 3 heterocycles. The summed E-state index contributed by atoms with van der Waals surface area (Å²) < 4.78 is 8.31. The summed E-state index contributed by atoms with van der Waals surface area (Å²) in [4.78, 5) is 20.2. The molecule has 0 spiro atoms. The maximum Gasteiger partial charge on any atom is 0.191 e. The Hall–Kier alpha value is -1.61. The van der Waals surface area contributed by atoms with Crippen LogP contribution >= 0.6 is 22.9 Å². The Kier molecular flexibility index (Phi) is 6.29. The van der Waals surface area contributed by atoms with Crippen molar-refractivity contribution in [2.75, 3.05) is 6.61 Å². The SMILES string of the molecule is C[C@@H](CCO[Si](C)(C)C(C)(C)C)n1nc(-c2ncc(C=O)s2)c2cnc(Cl)cc21. The first-order valence-corrected chi connectivity index (χ1v) is 13.7. The summed E-state index contributed by atoms with van der Waals surface area (Å²) in [6, 6.07) is 1.94. The van der Waals surface area contributed by atoms with Crippen LogP contribution in [-0.2, 0) is 4.43 Å². The molecule has 0 aromatic carbocycles. The van der Waals surface area contributed by atoms with E-state index in [1.807, 2.05) is 10.7 Å². The van der Waals surface area contributed by atoms with Gasteiger partial charge in [-0.05, 0) is 31.5 Å². The molecule has 3 rings (SSSR count). The fourth-order valence-corrected chi connectivity index (χ4v) is 4.72. The van der Waals surface area contributed by atoms with Gasteiger partial charge in [0.15, 0.2) is 14.6 Å². The van der Waals surface area contributed by atoms with Gasteiger partial charge in [-0.25, -0.2) is 9.97 Å². The summed E-state index contributed by atoms with van der Waals surface area (Å²) in [5.74, 6) is 0. The van der Waals surface area contributed by atoms with Gasteiger partial charge >= 0.3 is 0 Å². The van der Waals surface area contributed by atoms with E-state index in [9.17, 15) is 4.79 Å². The van der Waals surface area contributed by atoms with Gasteiger partial charge in [0.1, 0.15) is 15.9 Å². The summed E-state index contributed by atoms with van der Waals surface area (Å²) in [6.45, 7) is 14.1. The number of pyridine rings is 1. The number of hydrogen-bond donors (Lipinski definition) is 0. The maximum atomic E-state index is 11.0. The number of hydrogen-bond acceptors (Lipinski definition) is 6. The Morgan fingerprint density at radius 1 is 1.31 bits per heavy atom. The fourth-order valence-electron chi connectivity index (χ4n) is 2.78. The number of halogens is 1. The first kappa shape index (κ1) is 22.1. The first-order valence-electron chi connectivity index (χ1n) is 9.62. The second-order valence-electron chi connectivity index (χ2n) is 8.75. The average Bonchev–Trinajstić information content (AvgIpc) is 3.24. The lowest BCUT2D eigenvalue weighted by molar-refractivity contribution is 0.112. The minimum atomic E-state index is -1.79. The third-order valence-electron chi connectivity index (χ3n) is 5.62. The van der Waals surface area contributed by atoms with Gasteiger partial charge in [-0.3, -0.25) is 9.48 Å². The van der Waals surface area contributed by atoms with Crippen molar-refractivity contribution in [3.63, 3.8) is 0 Å². The van der Waals surface area contributed by atoms with Crippen LogP contribution in [0.5, 0.6) is 0 Å². The molecular weight excluding hydrogens is 424 g/mol. The Morgan fingerprint density at radius 2 is 2.03 bits per heavy atom. The second kappa shape index (κ2) is 8.26. The van der Waals surface area contributed by atoms with Crippen LogP contribution in [-0.4, -0.2) is 41.0 Å². The van der Waals surface area contributed by atoms with E-state index < -0.39 is 8.32 Å². The lowest BCUT2D eigenvalue weighted by Gasteiger charge is -2.36. The molecule has 0 amide bonds. The van der Waals surface area contributed by atoms with Gasteiger partial charge in [-0.2, -0.15) is 5.10 Å². The highest BCUT2D eigenvalue weighted by molar-refractivity contribution is 7.16. The smallest absolute Gasteiger partial charge is 0.191 e. The predicted molar refractivity (Wildman–Crippen MR) is 122 cm³/mol. The molecule has 0 fully saturated rings. The summed E-state index contributed by atoms with van der Waals surface area (Å²) in [6.07, 6.45) is 4.92. The molecule has 0 aliphatic rings. The molecule has 0 radical (unpaired) electrons. The zero-order valence-corrected chi connectivity index (χ0v) is 20.3. The number of carbonyl (C=O) groups is 1. The van der Waals surface area contributed by atoms with Crippen molar-refractivity contribution in [1.82, 2.24) is 19.7 Å². The summed E-state index contributed by atoms with van der Waals surface area (Å²) in [5, 5.41) is 6.99. The maximum absolute atomic E-state index is 11.0. The van der Waals surface area contributed by atoms with Crippen molar-refractivity contribution in [1.29, 1.82) is 0 Å². The van der Waals surface area contributed by atoms with E-state index in [0.29, 0.717) is 21.6 Å². The van der Waals surface area contributed by atoms with E-state index in [-0.39, 0.29) is 11.1 Å². The highest BCUT2D eigenvalue weighted by Gasteiger charge is 2.37. The molecule has 0 bridgehead atoms. The third kappa shape index (κ3) is 4.60. The van der Waals surface area contributed by atoms with Crippen molar-refractivity contribution >= 4 is 48.4 Å². The molecule has 3 aromatic rings. The molecule has 0 saturated carbocycles. The fraction of sp³-hybridized carbons (Fsp3) is 0.500. The predicted octanol–water partition coefficient (Wildman–Crippen LogP) is 5.99. The number of nitrogens with zero attached hydrogens (tertiary/aromatic N) is 4. The van der Waals surface area contributed by atoms with Crippen LogP contribution in [0, 0.1) is 0 Å². The van der Waals surface area contributed by atoms with E-state index >= 15 is 0 Å². The van der Waals surface area contributed by atoms with Crippen molar-refractivity contribution in [3.8, 4) is 10.7 Å². The Balaban J connectivity index is 1.88. The minimum absolute atomic E-state index is 0.111. The van der Waals surface area contributed by atoms with Gasteiger partial charge < -0.3 is 4.43 Å². The van der Waals surface area contributed by atoms with Gasteiger partial charge in [0.2, 0.25) is 0 Å². The quantitative estimate of drug-likeness (QED) is 0.251. The van der Waals surface area contributed by atoms with Crippen molar-refractivity contribution < 1.29 is 9.22 Å². The highest BCUT2D eigenvalue weighted by Crippen LogP contribution is 2.37. The second-order valence-corrected chi connectivity index (χ2v) is 15.0. The lowest BCUT2D eigenvalue weighted by Crippen LogP contribution is -2.41. The zero-order valence-electron chi connectivity index (χ0n) is 17.7. The van der Waals surface area contributed by atoms with Gasteiger partial charge in [0.05, 0.1) is 16.4 Å². The molecule has 0 unspecified atom stereocenters. The molecule has 1 atom stereocenters. The highest BCUT2D eigenvalue weighted by atomic mass is 35.5. The zero-order chi connectivity index (χ0) is 21.4. The number of carbonyl (C=O) groups excluding carboxylic acids is 1. The molecule has 6 nitrogen and oxygen atoms in total. The average molecular weight is 451 g/mol. The summed E-state index contributed by atoms with van der Waals surface area (Å²) in [5.41, 5.74) is 1.63. The molecule has 3 aromatic heterocycles. The molecule has 0 saturated heterocycles. The van der Waals surface area contributed by atoms with Crippen LogP contribution in [0.4, 0.5) is 0 Å². The van der Waals surface area contributed by atoms with Crippen LogP contribution in [0.3, 0.4) is 0 Å². The van der Waals surface area contributed by atoms with Gasteiger partial charge in [0.25, 0.3) is 0 Å². The molecule has 0 aliphatic heterocycles.